The number of esters is 1. The normalized spacial score (nSPS) is 16.8. The summed E-state index contributed by atoms with van der Waals surface area (Å²) >= 11 is 0. The monoisotopic (exact) mass is 270 g/mol. The highest BCUT2D eigenvalue weighted by Crippen LogP contribution is 2.34. The second-order valence-electron chi connectivity index (χ2n) is 5.32. The van der Waals surface area contributed by atoms with Gasteiger partial charge in [0, 0.05) is 19.4 Å². The molecule has 0 bridgehead atoms. The summed E-state index contributed by atoms with van der Waals surface area (Å²) in [5.41, 5.74) is -0.991. The van der Waals surface area contributed by atoms with E-state index in [0.717, 1.165) is 12.8 Å². The minimum absolute atomic E-state index is 0.0761. The number of hydrogen-bond donors (Lipinski definition) is 0. The first-order chi connectivity index (χ1) is 8.83. The SMILES string of the molecule is CCOC(=O)C(CC(=O)C(C)(C)OC)C(=O)C1CC1. The van der Waals surface area contributed by atoms with E-state index < -0.39 is 17.5 Å². The Labute approximate surface area is 113 Å². The molecule has 1 aliphatic rings. The van der Waals surface area contributed by atoms with Gasteiger partial charge in [-0.15, -0.1) is 0 Å². The van der Waals surface area contributed by atoms with Gasteiger partial charge in [-0.25, -0.2) is 0 Å². The van der Waals surface area contributed by atoms with E-state index in [1.54, 1.807) is 20.8 Å². The fourth-order valence-electron chi connectivity index (χ4n) is 1.74. The zero-order chi connectivity index (χ0) is 14.6. The van der Waals surface area contributed by atoms with E-state index in [1.807, 2.05) is 0 Å². The van der Waals surface area contributed by atoms with E-state index in [2.05, 4.69) is 0 Å². The number of ether oxygens (including phenoxy) is 2. The number of Topliss-reactive ketones (excluding diaryl/α,β-unsaturated/α-hetero) is 2. The minimum atomic E-state index is -0.991. The average molecular weight is 270 g/mol. The lowest BCUT2D eigenvalue weighted by Gasteiger charge is -2.23. The molecule has 0 radical (unpaired) electrons. The van der Waals surface area contributed by atoms with Gasteiger partial charge in [0.2, 0.25) is 0 Å². The first-order valence-corrected chi connectivity index (χ1v) is 6.62. The van der Waals surface area contributed by atoms with Crippen LogP contribution in [0, 0.1) is 11.8 Å². The Morgan fingerprint density at radius 2 is 1.84 bits per heavy atom. The highest BCUT2D eigenvalue weighted by Gasteiger charge is 2.42. The van der Waals surface area contributed by atoms with Crippen molar-refractivity contribution in [3.05, 3.63) is 0 Å². The number of rotatable bonds is 8. The molecule has 0 N–H and O–H groups in total. The van der Waals surface area contributed by atoms with Crippen LogP contribution in [0.2, 0.25) is 0 Å². The van der Waals surface area contributed by atoms with Gasteiger partial charge in [0.15, 0.2) is 11.6 Å². The van der Waals surface area contributed by atoms with Crippen LogP contribution in [-0.4, -0.2) is 36.9 Å². The van der Waals surface area contributed by atoms with Gasteiger partial charge in [-0.1, -0.05) is 0 Å². The molecule has 0 amide bonds. The highest BCUT2D eigenvalue weighted by atomic mass is 16.5. The zero-order valence-corrected chi connectivity index (χ0v) is 12.0. The number of methoxy groups -OCH3 is 1. The Morgan fingerprint density at radius 3 is 2.26 bits per heavy atom. The van der Waals surface area contributed by atoms with Crippen LogP contribution >= 0.6 is 0 Å². The minimum Gasteiger partial charge on any atom is -0.465 e. The maximum absolute atomic E-state index is 12.1. The standard InChI is InChI=1S/C14H22O5/c1-5-19-13(17)10(12(16)9-6-7-9)8-11(15)14(2,3)18-4/h9-10H,5-8H2,1-4H3. The van der Waals surface area contributed by atoms with Gasteiger partial charge in [0.1, 0.15) is 11.5 Å². The average Bonchev–Trinajstić information content (AvgIpc) is 3.19. The summed E-state index contributed by atoms with van der Waals surface area (Å²) in [5, 5.41) is 0. The zero-order valence-electron chi connectivity index (χ0n) is 12.0. The molecule has 0 aromatic carbocycles. The Balaban J connectivity index is 2.76. The molecule has 5 heteroatoms. The fourth-order valence-corrected chi connectivity index (χ4v) is 1.74. The van der Waals surface area contributed by atoms with Crippen molar-refractivity contribution in [3.8, 4) is 0 Å². The number of carbonyl (C=O) groups excluding carboxylic acids is 3. The molecular weight excluding hydrogens is 248 g/mol. The predicted octanol–water partition coefficient (Wildman–Crippen LogP) is 1.53. The molecule has 0 saturated heterocycles. The summed E-state index contributed by atoms with van der Waals surface area (Å²) in [4.78, 5) is 36.0. The third-order valence-electron chi connectivity index (χ3n) is 3.47. The highest BCUT2D eigenvalue weighted by molar-refractivity contribution is 6.05. The molecule has 19 heavy (non-hydrogen) atoms. The molecule has 5 nitrogen and oxygen atoms in total. The van der Waals surface area contributed by atoms with Crippen molar-refractivity contribution in [2.75, 3.05) is 13.7 Å². The van der Waals surface area contributed by atoms with Gasteiger partial charge in [-0.3, -0.25) is 14.4 Å². The Bertz CT molecular complexity index is 368. The molecule has 1 fully saturated rings. The van der Waals surface area contributed by atoms with E-state index in [9.17, 15) is 14.4 Å². The molecule has 1 aliphatic carbocycles. The summed E-state index contributed by atoms with van der Waals surface area (Å²) in [7, 11) is 1.43. The van der Waals surface area contributed by atoms with E-state index in [-0.39, 0.29) is 30.5 Å². The van der Waals surface area contributed by atoms with Crippen LogP contribution in [0.15, 0.2) is 0 Å². The first kappa shape index (κ1) is 15.8. The third-order valence-corrected chi connectivity index (χ3v) is 3.47. The number of hydrogen-bond acceptors (Lipinski definition) is 5. The van der Waals surface area contributed by atoms with Crippen molar-refractivity contribution in [3.63, 3.8) is 0 Å². The Hall–Kier alpha value is -1.23. The molecule has 1 atom stereocenters. The molecule has 0 spiro atoms. The summed E-state index contributed by atoms with van der Waals surface area (Å²) in [5.74, 6) is -2.08. The van der Waals surface area contributed by atoms with E-state index in [1.165, 1.54) is 7.11 Å². The van der Waals surface area contributed by atoms with Gasteiger partial charge in [0.25, 0.3) is 0 Å². The van der Waals surface area contributed by atoms with Gasteiger partial charge < -0.3 is 9.47 Å². The smallest absolute Gasteiger partial charge is 0.316 e. The van der Waals surface area contributed by atoms with Gasteiger partial charge in [-0.05, 0) is 33.6 Å². The van der Waals surface area contributed by atoms with Gasteiger partial charge >= 0.3 is 5.97 Å². The summed E-state index contributed by atoms with van der Waals surface area (Å²) in [6, 6.07) is 0. The van der Waals surface area contributed by atoms with E-state index >= 15 is 0 Å². The number of ketones is 2. The van der Waals surface area contributed by atoms with Crippen LogP contribution in [-0.2, 0) is 23.9 Å². The van der Waals surface area contributed by atoms with Crippen LogP contribution in [0.1, 0.15) is 40.0 Å². The molecule has 0 aromatic heterocycles. The molecular formula is C14H22O5. The molecule has 1 rings (SSSR count). The molecule has 1 unspecified atom stereocenters. The quantitative estimate of drug-likeness (QED) is 0.494. The van der Waals surface area contributed by atoms with Gasteiger partial charge in [-0.2, -0.15) is 0 Å². The molecule has 0 aromatic rings. The van der Waals surface area contributed by atoms with E-state index in [0.29, 0.717) is 0 Å². The molecule has 1 saturated carbocycles. The van der Waals surface area contributed by atoms with Crippen LogP contribution in [0.3, 0.4) is 0 Å². The summed E-state index contributed by atoms with van der Waals surface area (Å²) < 4.78 is 9.98. The maximum atomic E-state index is 12.1. The number of carbonyl (C=O) groups is 3. The summed E-state index contributed by atoms with van der Waals surface area (Å²) in [6.07, 6.45) is 1.46. The topological polar surface area (TPSA) is 69.7 Å². The first-order valence-electron chi connectivity index (χ1n) is 6.62. The Morgan fingerprint density at radius 1 is 1.26 bits per heavy atom. The van der Waals surface area contributed by atoms with Crippen molar-refractivity contribution in [1.29, 1.82) is 0 Å². The van der Waals surface area contributed by atoms with Crippen molar-refractivity contribution in [1.82, 2.24) is 0 Å². The fraction of sp³-hybridized carbons (Fsp3) is 0.786. The largest absolute Gasteiger partial charge is 0.465 e. The third kappa shape index (κ3) is 4.13. The van der Waals surface area contributed by atoms with E-state index in [4.69, 9.17) is 9.47 Å². The van der Waals surface area contributed by atoms with Crippen molar-refractivity contribution >= 4 is 17.5 Å². The lowest BCUT2D eigenvalue weighted by Crippen LogP contribution is -2.39. The summed E-state index contributed by atoms with van der Waals surface area (Å²) in [6.45, 7) is 5.13. The van der Waals surface area contributed by atoms with Crippen LogP contribution < -0.4 is 0 Å². The lowest BCUT2D eigenvalue weighted by molar-refractivity contribution is -0.156. The van der Waals surface area contributed by atoms with Crippen molar-refractivity contribution in [2.24, 2.45) is 11.8 Å². The van der Waals surface area contributed by atoms with Crippen LogP contribution in [0.25, 0.3) is 0 Å². The van der Waals surface area contributed by atoms with Crippen molar-refractivity contribution < 1.29 is 23.9 Å². The Kier molecular flexibility index (Phi) is 5.23. The molecule has 0 heterocycles. The molecule has 0 aliphatic heterocycles. The van der Waals surface area contributed by atoms with Gasteiger partial charge in [0.05, 0.1) is 6.61 Å². The maximum Gasteiger partial charge on any atom is 0.316 e. The van der Waals surface area contributed by atoms with Crippen molar-refractivity contribution in [2.45, 2.75) is 45.6 Å². The second-order valence-corrected chi connectivity index (χ2v) is 5.32. The second kappa shape index (κ2) is 6.28. The van der Waals surface area contributed by atoms with Crippen LogP contribution in [0.5, 0.6) is 0 Å². The molecule has 108 valence electrons. The lowest BCUT2D eigenvalue weighted by atomic mass is 9.89. The van der Waals surface area contributed by atoms with Crippen LogP contribution in [0.4, 0.5) is 0 Å². The predicted molar refractivity (Wildman–Crippen MR) is 68.6 cm³/mol.